The van der Waals surface area contributed by atoms with Gasteiger partial charge in [0.2, 0.25) is 0 Å². The van der Waals surface area contributed by atoms with E-state index in [4.69, 9.17) is 5.41 Å². The second-order valence-electron chi connectivity index (χ2n) is 10.3. The molecule has 6 nitrogen and oxygen atoms in total. The molecule has 228 valence electrons. The quantitative estimate of drug-likeness (QED) is 0.267. The van der Waals surface area contributed by atoms with Gasteiger partial charge in [0.1, 0.15) is 4.91 Å². The monoisotopic (exact) mass is 627 g/mol. The maximum absolute atomic E-state index is 13.0. The van der Waals surface area contributed by atoms with Crippen molar-refractivity contribution in [1.29, 1.82) is 5.41 Å². The van der Waals surface area contributed by atoms with E-state index in [-0.39, 0.29) is 22.8 Å². The first kappa shape index (κ1) is 33.1. The molecule has 0 amide bonds. The number of benzene rings is 1. The molecule has 0 radical (unpaired) electrons. The number of alkyl halides is 6. The van der Waals surface area contributed by atoms with Crippen LogP contribution in [0, 0.1) is 5.41 Å². The second-order valence-corrected chi connectivity index (χ2v) is 14.1. The highest BCUT2D eigenvalue weighted by molar-refractivity contribution is 8.00. The van der Waals surface area contributed by atoms with Crippen molar-refractivity contribution in [2.75, 3.05) is 26.2 Å². The minimum atomic E-state index is -6.58. The fourth-order valence-corrected chi connectivity index (χ4v) is 7.93. The van der Waals surface area contributed by atoms with Gasteiger partial charge < -0.3 is 4.48 Å². The zero-order chi connectivity index (χ0) is 30.9. The first-order valence-corrected chi connectivity index (χ1v) is 16.2. The number of sulfone groups is 2. The van der Waals surface area contributed by atoms with Crippen molar-refractivity contribution in [3.05, 3.63) is 56.9 Å². The Bertz CT molecular complexity index is 1480. The van der Waals surface area contributed by atoms with Gasteiger partial charge >= 0.3 is 11.0 Å². The van der Waals surface area contributed by atoms with Gasteiger partial charge in [-0.25, -0.2) is 16.8 Å². The summed E-state index contributed by atoms with van der Waals surface area (Å²) < 4.78 is 127. The summed E-state index contributed by atoms with van der Waals surface area (Å²) in [6.45, 7) is 10.5. The van der Waals surface area contributed by atoms with Crippen LogP contribution in [0.4, 0.5) is 26.3 Å². The van der Waals surface area contributed by atoms with Gasteiger partial charge in [-0.3, -0.25) is 5.41 Å². The molecule has 2 aliphatic carbocycles. The fraction of sp³-hybridized carbons (Fsp3) is 0.519. The summed E-state index contributed by atoms with van der Waals surface area (Å²) in [6.07, 6.45) is 9.92. The maximum atomic E-state index is 13.0. The van der Waals surface area contributed by atoms with Crippen molar-refractivity contribution >= 4 is 37.0 Å². The SMILES string of the molecule is CCCC[N+]1(CCC)CCCCC1.N=C1C2=Cc3ccccc3C2=CC(S(=O)(=O)C(F)(F)F)=C1S(=O)(=O)C(F)(F)F. The van der Waals surface area contributed by atoms with Crippen LogP contribution in [-0.2, 0) is 19.7 Å². The first-order valence-electron chi connectivity index (χ1n) is 13.3. The lowest BCUT2D eigenvalue weighted by atomic mass is 9.95. The van der Waals surface area contributed by atoms with E-state index >= 15 is 0 Å². The van der Waals surface area contributed by atoms with Gasteiger partial charge in [0.05, 0.1) is 36.8 Å². The summed E-state index contributed by atoms with van der Waals surface area (Å²) in [6, 6.07) is 5.69. The molecule has 41 heavy (non-hydrogen) atoms. The Labute approximate surface area is 236 Å². The largest absolute Gasteiger partial charge is 0.502 e. The van der Waals surface area contributed by atoms with Crippen LogP contribution in [0.25, 0.3) is 11.6 Å². The molecule has 1 N–H and O–H groups in total. The summed E-state index contributed by atoms with van der Waals surface area (Å²) in [5, 5.41) is 7.82. The van der Waals surface area contributed by atoms with E-state index in [9.17, 15) is 43.2 Å². The van der Waals surface area contributed by atoms with Gasteiger partial charge in [-0.05, 0) is 61.0 Å². The molecule has 1 fully saturated rings. The van der Waals surface area contributed by atoms with E-state index in [0.717, 1.165) is 6.08 Å². The summed E-state index contributed by atoms with van der Waals surface area (Å²) in [5.74, 6) is 0. The van der Waals surface area contributed by atoms with Crippen LogP contribution in [0.2, 0.25) is 0 Å². The van der Waals surface area contributed by atoms with Gasteiger partial charge in [-0.2, -0.15) is 26.3 Å². The lowest BCUT2D eigenvalue weighted by molar-refractivity contribution is -0.932. The van der Waals surface area contributed by atoms with Gasteiger partial charge in [-0.1, -0.05) is 44.5 Å². The zero-order valence-corrected chi connectivity index (χ0v) is 24.3. The molecule has 4 rings (SSSR count). The Morgan fingerprint density at radius 1 is 0.780 bits per heavy atom. The molecule has 14 heteroatoms. The highest BCUT2D eigenvalue weighted by Gasteiger charge is 2.57. The number of hydrogen-bond acceptors (Lipinski definition) is 5. The topological polar surface area (TPSA) is 92.1 Å². The molecule has 0 unspecified atom stereocenters. The van der Waals surface area contributed by atoms with Crippen LogP contribution in [0.3, 0.4) is 0 Å². The Hall–Kier alpha value is -2.45. The summed E-state index contributed by atoms with van der Waals surface area (Å²) >= 11 is 0. The predicted octanol–water partition coefficient (Wildman–Crippen LogP) is 6.78. The number of hydrogen-bond donors (Lipinski definition) is 1. The highest BCUT2D eigenvalue weighted by atomic mass is 32.2. The van der Waals surface area contributed by atoms with Crippen molar-refractivity contribution in [2.45, 2.75) is 63.4 Å². The van der Waals surface area contributed by atoms with E-state index in [1.165, 1.54) is 93.5 Å². The average molecular weight is 628 g/mol. The first-order chi connectivity index (χ1) is 18.9. The number of piperidine rings is 1. The number of allylic oxidation sites excluding steroid dienone is 4. The highest BCUT2D eigenvalue weighted by Crippen LogP contribution is 2.47. The number of rotatable bonds is 7. The summed E-state index contributed by atoms with van der Waals surface area (Å²) in [5.41, 5.74) is -13.9. The van der Waals surface area contributed by atoms with Crippen LogP contribution in [0.15, 0.2) is 45.7 Å². The smallest absolute Gasteiger partial charge is 0.324 e. The number of halogens is 6. The van der Waals surface area contributed by atoms with Crippen LogP contribution < -0.4 is 0 Å². The maximum Gasteiger partial charge on any atom is 0.502 e. The van der Waals surface area contributed by atoms with Gasteiger partial charge in [-0.15, -0.1) is 0 Å². The van der Waals surface area contributed by atoms with Crippen LogP contribution in [-0.4, -0.2) is 64.2 Å². The number of nitrogens with zero attached hydrogens (tertiary/aromatic N) is 1. The lowest BCUT2D eigenvalue weighted by Gasteiger charge is -2.41. The molecule has 0 saturated carbocycles. The lowest BCUT2D eigenvalue weighted by Crippen LogP contribution is -2.52. The van der Waals surface area contributed by atoms with E-state index in [1.54, 1.807) is 0 Å². The van der Waals surface area contributed by atoms with Crippen molar-refractivity contribution in [3.63, 3.8) is 0 Å². The van der Waals surface area contributed by atoms with Crippen molar-refractivity contribution < 1.29 is 47.7 Å². The molecular weight excluding hydrogens is 594 g/mol. The molecule has 0 spiro atoms. The van der Waals surface area contributed by atoms with Crippen molar-refractivity contribution in [1.82, 2.24) is 0 Å². The molecule has 1 saturated heterocycles. The third-order valence-corrected chi connectivity index (χ3v) is 10.7. The average Bonchev–Trinajstić information content (AvgIpc) is 3.26. The Morgan fingerprint density at radius 2 is 1.37 bits per heavy atom. The number of quaternary nitrogens is 1. The van der Waals surface area contributed by atoms with Crippen LogP contribution in [0.1, 0.15) is 63.5 Å². The molecule has 0 aromatic heterocycles. The summed E-state index contributed by atoms with van der Waals surface area (Å²) in [4.78, 5) is -4.38. The third-order valence-electron chi connectivity index (χ3n) is 7.45. The molecule has 1 heterocycles. The standard InChI is InChI=1S/C15H7F6NO4S2.C12H26N/c16-14(17,18)27(23,24)11-6-9-8-4-2-1-3-7(8)5-10(9)12(22)13(11)28(25,26)15(19,20)21;1-3-5-10-13(9-4-2)11-7-6-8-12-13/h1-6,22H;3-12H2,1-2H3/q;+1. The Morgan fingerprint density at radius 3 is 1.90 bits per heavy atom. The van der Waals surface area contributed by atoms with Crippen LogP contribution in [0.5, 0.6) is 0 Å². The molecular formula is C27H33F6N2O4S2+. The minimum Gasteiger partial charge on any atom is -0.324 e. The number of nitrogens with one attached hydrogen (secondary N) is 1. The third kappa shape index (κ3) is 6.48. The minimum absolute atomic E-state index is 0.153. The Kier molecular flexibility index (Phi) is 9.71. The molecule has 1 aliphatic heterocycles. The molecule has 1 aromatic rings. The van der Waals surface area contributed by atoms with Gasteiger partial charge in [0, 0.05) is 5.57 Å². The second kappa shape index (κ2) is 12.0. The summed E-state index contributed by atoms with van der Waals surface area (Å²) in [7, 11) is -13.1. The normalized spacial score (nSPS) is 19.1. The van der Waals surface area contributed by atoms with E-state index in [2.05, 4.69) is 13.8 Å². The van der Waals surface area contributed by atoms with E-state index < -0.39 is 51.8 Å². The predicted molar refractivity (Wildman–Crippen MR) is 146 cm³/mol. The van der Waals surface area contributed by atoms with Gasteiger partial charge in [0.15, 0.2) is 0 Å². The van der Waals surface area contributed by atoms with Gasteiger partial charge in [0.25, 0.3) is 19.7 Å². The molecule has 0 bridgehead atoms. The van der Waals surface area contributed by atoms with Crippen molar-refractivity contribution in [2.24, 2.45) is 0 Å². The zero-order valence-electron chi connectivity index (χ0n) is 22.7. The fourth-order valence-electron chi connectivity index (χ4n) is 5.47. The molecule has 0 atom stereocenters. The Balaban J connectivity index is 0.000000298. The van der Waals surface area contributed by atoms with E-state index in [1.807, 2.05) is 0 Å². The number of fused-ring (bicyclic) bond motifs is 3. The number of unbranched alkanes of at least 4 members (excludes halogenated alkanes) is 1. The molecule has 1 aromatic carbocycles. The van der Waals surface area contributed by atoms with Crippen molar-refractivity contribution in [3.8, 4) is 0 Å². The molecule has 3 aliphatic rings. The van der Waals surface area contributed by atoms with Crippen LogP contribution >= 0.6 is 0 Å². The number of likely N-dealkylation sites (tertiary alicyclic amines) is 1. The van der Waals surface area contributed by atoms with E-state index in [0.29, 0.717) is 0 Å².